The van der Waals surface area contributed by atoms with Crippen molar-refractivity contribution < 1.29 is 0 Å². The fourth-order valence-corrected chi connectivity index (χ4v) is 1.96. The van der Waals surface area contributed by atoms with Crippen LogP contribution < -0.4 is 5.73 Å². The Labute approximate surface area is 100 Å². The summed E-state index contributed by atoms with van der Waals surface area (Å²) in [6.07, 6.45) is 1.39. The largest absolute Gasteiger partial charge is 0.399 e. The molecular weight excluding hydrogens is 214 g/mol. The molecule has 0 saturated heterocycles. The van der Waals surface area contributed by atoms with Gasteiger partial charge in [-0.05, 0) is 13.3 Å². The number of rotatable bonds is 2. The lowest BCUT2D eigenvalue weighted by molar-refractivity contribution is 0.430. The maximum atomic E-state index is 9.24. The second kappa shape index (κ2) is 4.68. The first-order chi connectivity index (χ1) is 8.07. The average molecular weight is 227 g/mol. The molecule has 0 aliphatic carbocycles. The van der Waals surface area contributed by atoms with Gasteiger partial charge in [0.05, 0.1) is 35.2 Å². The third-order valence-electron chi connectivity index (χ3n) is 2.93. The van der Waals surface area contributed by atoms with E-state index in [1.54, 1.807) is 6.92 Å². The van der Waals surface area contributed by atoms with Crippen LogP contribution in [-0.4, -0.2) is 11.8 Å². The summed E-state index contributed by atoms with van der Waals surface area (Å²) >= 11 is 0. The SMILES string of the molecule is CCC[C@@H]1N=C(C)C(C#N)=C(N)C1(C#N)C#N. The molecule has 0 aromatic carbocycles. The second-order valence-electron chi connectivity index (χ2n) is 3.95. The fraction of sp³-hybridized carbons (Fsp3) is 0.500. The van der Waals surface area contributed by atoms with Crippen molar-refractivity contribution in [1.29, 1.82) is 15.8 Å². The molecule has 1 aliphatic rings. The van der Waals surface area contributed by atoms with E-state index in [1.165, 1.54) is 0 Å². The van der Waals surface area contributed by atoms with Gasteiger partial charge in [0.25, 0.3) is 0 Å². The van der Waals surface area contributed by atoms with Gasteiger partial charge in [-0.3, -0.25) is 4.99 Å². The zero-order chi connectivity index (χ0) is 13.1. The number of nitrogens with zero attached hydrogens (tertiary/aromatic N) is 4. The topological polar surface area (TPSA) is 110 Å². The third kappa shape index (κ3) is 1.75. The van der Waals surface area contributed by atoms with Crippen molar-refractivity contribution in [3.63, 3.8) is 0 Å². The number of hydrogen-bond acceptors (Lipinski definition) is 5. The van der Waals surface area contributed by atoms with Gasteiger partial charge < -0.3 is 5.73 Å². The van der Waals surface area contributed by atoms with Gasteiger partial charge in [-0.1, -0.05) is 13.3 Å². The molecule has 0 radical (unpaired) electrons. The van der Waals surface area contributed by atoms with Crippen molar-refractivity contribution in [2.24, 2.45) is 16.1 Å². The zero-order valence-corrected chi connectivity index (χ0v) is 9.86. The van der Waals surface area contributed by atoms with Crippen molar-refractivity contribution >= 4 is 5.71 Å². The molecule has 1 rings (SSSR count). The molecule has 2 N–H and O–H groups in total. The highest BCUT2D eigenvalue weighted by atomic mass is 14.9. The summed E-state index contributed by atoms with van der Waals surface area (Å²) in [4.78, 5) is 4.28. The van der Waals surface area contributed by atoms with Gasteiger partial charge >= 0.3 is 0 Å². The highest BCUT2D eigenvalue weighted by Crippen LogP contribution is 2.37. The summed E-state index contributed by atoms with van der Waals surface area (Å²) in [5.41, 5.74) is 5.03. The van der Waals surface area contributed by atoms with E-state index in [0.717, 1.165) is 6.42 Å². The normalized spacial score (nSPS) is 22.1. The van der Waals surface area contributed by atoms with Crippen LogP contribution in [0, 0.1) is 39.4 Å². The molecule has 17 heavy (non-hydrogen) atoms. The van der Waals surface area contributed by atoms with Crippen molar-refractivity contribution in [2.75, 3.05) is 0 Å². The number of nitriles is 3. The number of hydrogen-bond donors (Lipinski definition) is 1. The number of aliphatic imine (C=N–C) groups is 1. The molecule has 0 saturated carbocycles. The first-order valence-electron chi connectivity index (χ1n) is 5.35. The molecule has 1 aliphatic heterocycles. The Kier molecular flexibility index (Phi) is 3.51. The molecule has 1 atom stereocenters. The number of nitrogens with two attached hydrogens (primary N) is 1. The van der Waals surface area contributed by atoms with Crippen LogP contribution in [0.4, 0.5) is 0 Å². The molecule has 0 amide bonds. The van der Waals surface area contributed by atoms with Gasteiger partial charge in [0.15, 0.2) is 0 Å². The van der Waals surface area contributed by atoms with Crippen LogP contribution in [0.2, 0.25) is 0 Å². The average Bonchev–Trinajstić information content (AvgIpc) is 2.31. The lowest BCUT2D eigenvalue weighted by atomic mass is 9.74. The molecule has 0 bridgehead atoms. The monoisotopic (exact) mass is 227 g/mol. The minimum atomic E-state index is -1.50. The highest BCUT2D eigenvalue weighted by molar-refractivity contribution is 6.03. The molecule has 0 spiro atoms. The third-order valence-corrected chi connectivity index (χ3v) is 2.93. The standard InChI is InChI=1S/C12H13N5/c1-3-4-10-12(6-14,7-15)11(16)9(5-13)8(2)17-10/h10H,3-4,16H2,1-2H3/t10-/m0/s1. The summed E-state index contributed by atoms with van der Waals surface area (Å²) in [6, 6.07) is 5.29. The van der Waals surface area contributed by atoms with Gasteiger partial charge in [-0.25, -0.2) is 0 Å². The van der Waals surface area contributed by atoms with Crippen molar-refractivity contribution in [3.05, 3.63) is 11.3 Å². The minimum absolute atomic E-state index is 0.0379. The minimum Gasteiger partial charge on any atom is -0.399 e. The molecule has 1 heterocycles. The highest BCUT2D eigenvalue weighted by Gasteiger charge is 2.46. The smallest absolute Gasteiger partial charge is 0.205 e. The lowest BCUT2D eigenvalue weighted by Gasteiger charge is -2.31. The molecular formula is C12H13N5. The maximum absolute atomic E-state index is 9.24. The van der Waals surface area contributed by atoms with Crippen LogP contribution in [0.15, 0.2) is 16.3 Å². The molecule has 0 aromatic rings. The van der Waals surface area contributed by atoms with Crippen LogP contribution in [0.3, 0.4) is 0 Å². The van der Waals surface area contributed by atoms with Gasteiger partial charge in [0.1, 0.15) is 6.07 Å². The van der Waals surface area contributed by atoms with E-state index in [2.05, 4.69) is 4.99 Å². The van der Waals surface area contributed by atoms with E-state index < -0.39 is 11.5 Å². The summed E-state index contributed by atoms with van der Waals surface area (Å²) in [6.45, 7) is 3.62. The molecule has 0 aromatic heterocycles. The first kappa shape index (κ1) is 12.7. The quantitative estimate of drug-likeness (QED) is 0.768. The number of allylic oxidation sites excluding steroid dienone is 1. The summed E-state index contributed by atoms with van der Waals surface area (Å²) in [5.74, 6) is 0. The Balaban J connectivity index is 3.45. The molecule has 5 nitrogen and oxygen atoms in total. The Morgan fingerprint density at radius 1 is 1.35 bits per heavy atom. The van der Waals surface area contributed by atoms with E-state index in [0.29, 0.717) is 12.1 Å². The molecule has 0 unspecified atom stereocenters. The van der Waals surface area contributed by atoms with Crippen molar-refractivity contribution in [1.82, 2.24) is 0 Å². The lowest BCUT2D eigenvalue weighted by Crippen LogP contribution is -2.41. The fourth-order valence-electron chi connectivity index (χ4n) is 1.96. The Morgan fingerprint density at radius 3 is 2.35 bits per heavy atom. The summed E-state index contributed by atoms with van der Waals surface area (Å²) < 4.78 is 0. The van der Waals surface area contributed by atoms with Crippen LogP contribution in [0.25, 0.3) is 0 Å². The van der Waals surface area contributed by atoms with E-state index in [4.69, 9.17) is 11.0 Å². The van der Waals surface area contributed by atoms with E-state index >= 15 is 0 Å². The van der Waals surface area contributed by atoms with Crippen molar-refractivity contribution in [2.45, 2.75) is 32.7 Å². The van der Waals surface area contributed by atoms with Gasteiger partial charge in [-0.2, -0.15) is 15.8 Å². The first-order valence-corrected chi connectivity index (χ1v) is 5.35. The molecule has 86 valence electrons. The van der Waals surface area contributed by atoms with Crippen LogP contribution >= 0.6 is 0 Å². The van der Waals surface area contributed by atoms with Crippen LogP contribution in [-0.2, 0) is 0 Å². The van der Waals surface area contributed by atoms with Gasteiger partial charge in [0.2, 0.25) is 5.41 Å². The predicted molar refractivity (Wildman–Crippen MR) is 62.3 cm³/mol. The predicted octanol–water partition coefficient (Wildman–Crippen LogP) is 1.40. The van der Waals surface area contributed by atoms with E-state index in [-0.39, 0.29) is 11.3 Å². The maximum Gasteiger partial charge on any atom is 0.205 e. The number of dihydropyridines is 1. The molecule has 0 fully saturated rings. The van der Waals surface area contributed by atoms with E-state index in [9.17, 15) is 10.5 Å². The second-order valence-corrected chi connectivity index (χ2v) is 3.95. The van der Waals surface area contributed by atoms with Gasteiger partial charge in [0, 0.05) is 0 Å². The summed E-state index contributed by atoms with van der Waals surface area (Å²) in [5, 5.41) is 27.5. The molecule has 5 heteroatoms. The Hall–Kier alpha value is -2.32. The van der Waals surface area contributed by atoms with Crippen molar-refractivity contribution in [3.8, 4) is 18.2 Å². The Morgan fingerprint density at radius 2 is 1.94 bits per heavy atom. The van der Waals surface area contributed by atoms with Crippen LogP contribution in [0.5, 0.6) is 0 Å². The van der Waals surface area contributed by atoms with Crippen LogP contribution in [0.1, 0.15) is 26.7 Å². The Bertz CT molecular complexity index is 492. The van der Waals surface area contributed by atoms with E-state index in [1.807, 2.05) is 25.1 Å². The summed E-state index contributed by atoms with van der Waals surface area (Å²) in [7, 11) is 0. The van der Waals surface area contributed by atoms with Gasteiger partial charge in [-0.15, -0.1) is 0 Å². The zero-order valence-electron chi connectivity index (χ0n) is 9.86.